The largest absolute Gasteiger partial charge is 0.310 e. The van der Waals surface area contributed by atoms with Crippen molar-refractivity contribution in [1.82, 2.24) is 0 Å². The van der Waals surface area contributed by atoms with Gasteiger partial charge in [0.2, 0.25) is 0 Å². The normalized spacial score (nSPS) is 13.3. The molecule has 11 aromatic rings. The average molecular weight is 894 g/mol. The molecule has 0 aromatic heterocycles. The molecule has 0 bridgehead atoms. The highest BCUT2D eigenvalue weighted by Gasteiger charge is 2.44. The van der Waals surface area contributed by atoms with Gasteiger partial charge in [0, 0.05) is 22.4 Å². The minimum absolute atomic E-state index is 0.130. The molecule has 1 saturated carbocycles. The Labute approximate surface area is 411 Å². The number of rotatable bonds is 9. The smallest absolute Gasteiger partial charge is 0.0540 e. The lowest BCUT2D eigenvalue weighted by Gasteiger charge is -2.29. The van der Waals surface area contributed by atoms with E-state index in [1.807, 2.05) is 0 Å². The molecule has 0 N–H and O–H groups in total. The summed E-state index contributed by atoms with van der Waals surface area (Å²) in [5.41, 5.74) is 23.9. The molecule has 13 rings (SSSR count). The Kier molecular flexibility index (Phi) is 10.4. The van der Waals surface area contributed by atoms with Crippen LogP contribution in [0.3, 0.4) is 0 Å². The van der Waals surface area contributed by atoms with Crippen LogP contribution in [0.2, 0.25) is 0 Å². The highest BCUT2D eigenvalue weighted by atomic mass is 15.1. The molecule has 0 heterocycles. The number of para-hydroxylation sites is 1. The molecule has 70 heavy (non-hydrogen) atoms. The van der Waals surface area contributed by atoms with Crippen molar-refractivity contribution in [2.75, 3.05) is 4.90 Å². The molecule has 2 aliphatic rings. The van der Waals surface area contributed by atoms with Crippen LogP contribution in [0.4, 0.5) is 17.1 Å². The van der Waals surface area contributed by atoms with E-state index in [1.165, 1.54) is 120 Å². The lowest BCUT2D eigenvalue weighted by molar-refractivity contribution is 0.550. The molecule has 2 aliphatic carbocycles. The molecule has 1 nitrogen and oxygen atoms in total. The van der Waals surface area contributed by atoms with Gasteiger partial charge in [-0.2, -0.15) is 0 Å². The Bertz CT molecular complexity index is 3680. The van der Waals surface area contributed by atoms with E-state index in [4.69, 9.17) is 0 Å². The van der Waals surface area contributed by atoms with Crippen molar-refractivity contribution in [3.63, 3.8) is 0 Å². The number of hydrogen-bond acceptors (Lipinski definition) is 1. The van der Waals surface area contributed by atoms with Gasteiger partial charge in [0.05, 0.1) is 5.69 Å². The minimum Gasteiger partial charge on any atom is -0.310 e. The molecule has 0 unspecified atom stereocenters. The molecule has 1 spiro atoms. The Hall–Kier alpha value is -8.52. The molecule has 1 heteroatoms. The first-order chi connectivity index (χ1) is 34.7. The summed E-state index contributed by atoms with van der Waals surface area (Å²) in [5, 5.41) is 2.53. The van der Waals surface area contributed by atoms with Crippen LogP contribution in [-0.2, 0) is 5.41 Å². The van der Waals surface area contributed by atoms with Crippen molar-refractivity contribution in [3.05, 3.63) is 272 Å². The van der Waals surface area contributed by atoms with Gasteiger partial charge in [-0.05, 0) is 143 Å². The fraction of sp³-hybridized carbons (Fsp3) is 0.0725. The standard InChI is InChI=1S/C69H51N/c1-2-17-51(18-3-1)59-22-6-7-23-60(59)61-24-8-9-25-62(61)65-27-11-13-30-68(65)70(55-40-35-49(36-41-55)48-31-33-53(34-32-48)58-28-16-20-52-19-4-5-21-57(52)58)56-42-37-50(38-43-56)54-39-44-64-63-26-10-12-29-66(63)69(67(64)47-54)45-14-15-46-69/h1-13,16-44,47H,14-15,45-46H2. The van der Waals surface area contributed by atoms with Crippen molar-refractivity contribution >= 4 is 27.8 Å². The summed E-state index contributed by atoms with van der Waals surface area (Å²) in [6.45, 7) is 0. The van der Waals surface area contributed by atoms with Gasteiger partial charge >= 0.3 is 0 Å². The second-order valence-electron chi connectivity index (χ2n) is 19.1. The molecule has 0 radical (unpaired) electrons. The van der Waals surface area contributed by atoms with E-state index in [-0.39, 0.29) is 5.41 Å². The number of anilines is 3. The minimum atomic E-state index is 0.130. The zero-order valence-electron chi connectivity index (χ0n) is 39.1. The zero-order valence-corrected chi connectivity index (χ0v) is 39.1. The maximum atomic E-state index is 2.51. The Morgan fingerprint density at radius 3 is 1.41 bits per heavy atom. The molecule has 0 atom stereocenters. The van der Waals surface area contributed by atoms with Gasteiger partial charge in [-0.25, -0.2) is 0 Å². The summed E-state index contributed by atoms with van der Waals surface area (Å²) in [7, 11) is 0. The molecule has 0 aliphatic heterocycles. The van der Waals surface area contributed by atoms with Crippen molar-refractivity contribution < 1.29 is 0 Å². The van der Waals surface area contributed by atoms with E-state index in [2.05, 4.69) is 266 Å². The maximum absolute atomic E-state index is 2.51. The van der Waals surface area contributed by atoms with Crippen molar-refractivity contribution in [1.29, 1.82) is 0 Å². The second kappa shape index (κ2) is 17.5. The number of hydrogen-bond donors (Lipinski definition) is 0. The summed E-state index contributed by atoms with van der Waals surface area (Å²) in [4.78, 5) is 2.44. The summed E-state index contributed by atoms with van der Waals surface area (Å²) in [6.07, 6.45) is 5.02. The molecule has 0 saturated heterocycles. The summed E-state index contributed by atoms with van der Waals surface area (Å²) in [6, 6.07) is 96.4. The lowest BCUT2D eigenvalue weighted by Crippen LogP contribution is -2.20. The first-order valence-corrected chi connectivity index (χ1v) is 24.9. The molecule has 332 valence electrons. The van der Waals surface area contributed by atoms with E-state index in [0.717, 1.165) is 22.6 Å². The average Bonchev–Trinajstić information content (AvgIpc) is 4.05. The van der Waals surface area contributed by atoms with Crippen LogP contribution in [0, 0.1) is 0 Å². The topological polar surface area (TPSA) is 3.24 Å². The quantitative estimate of drug-likeness (QED) is 0.140. The van der Waals surface area contributed by atoms with E-state index < -0.39 is 0 Å². The van der Waals surface area contributed by atoms with Gasteiger partial charge in [-0.15, -0.1) is 0 Å². The van der Waals surface area contributed by atoms with Crippen LogP contribution >= 0.6 is 0 Å². The summed E-state index contributed by atoms with van der Waals surface area (Å²) < 4.78 is 0. The number of nitrogens with zero attached hydrogens (tertiary/aromatic N) is 1. The van der Waals surface area contributed by atoms with Gasteiger partial charge in [0.1, 0.15) is 0 Å². The molecular weight excluding hydrogens is 843 g/mol. The second-order valence-corrected chi connectivity index (χ2v) is 19.1. The molecule has 11 aromatic carbocycles. The van der Waals surface area contributed by atoms with Crippen LogP contribution in [0.25, 0.3) is 88.7 Å². The third kappa shape index (κ3) is 7.17. The highest BCUT2D eigenvalue weighted by molar-refractivity contribution is 5.99. The Balaban J connectivity index is 0.906. The lowest BCUT2D eigenvalue weighted by atomic mass is 9.76. The van der Waals surface area contributed by atoms with Crippen LogP contribution < -0.4 is 4.90 Å². The van der Waals surface area contributed by atoms with Gasteiger partial charge in [-0.1, -0.05) is 237 Å². The fourth-order valence-corrected chi connectivity index (χ4v) is 11.9. The van der Waals surface area contributed by atoms with Crippen LogP contribution in [0.15, 0.2) is 261 Å². The molecular formula is C69H51N. The number of benzene rings is 11. The van der Waals surface area contributed by atoms with Crippen molar-refractivity contribution in [2.24, 2.45) is 0 Å². The van der Waals surface area contributed by atoms with Crippen LogP contribution in [0.1, 0.15) is 36.8 Å². The van der Waals surface area contributed by atoms with Crippen molar-refractivity contribution in [3.8, 4) is 77.9 Å². The maximum Gasteiger partial charge on any atom is 0.0540 e. The third-order valence-corrected chi connectivity index (χ3v) is 15.3. The monoisotopic (exact) mass is 893 g/mol. The summed E-state index contributed by atoms with van der Waals surface area (Å²) >= 11 is 0. The fourth-order valence-electron chi connectivity index (χ4n) is 11.9. The Morgan fingerprint density at radius 1 is 0.271 bits per heavy atom. The van der Waals surface area contributed by atoms with E-state index in [9.17, 15) is 0 Å². The molecule has 1 fully saturated rings. The van der Waals surface area contributed by atoms with Crippen LogP contribution in [-0.4, -0.2) is 0 Å². The van der Waals surface area contributed by atoms with Gasteiger partial charge < -0.3 is 4.90 Å². The van der Waals surface area contributed by atoms with E-state index in [0.29, 0.717) is 0 Å². The van der Waals surface area contributed by atoms with Gasteiger partial charge in [-0.3, -0.25) is 0 Å². The van der Waals surface area contributed by atoms with E-state index >= 15 is 0 Å². The number of fused-ring (bicyclic) bond motifs is 6. The van der Waals surface area contributed by atoms with Crippen molar-refractivity contribution in [2.45, 2.75) is 31.1 Å². The predicted octanol–water partition coefficient (Wildman–Crippen LogP) is 19.2. The van der Waals surface area contributed by atoms with E-state index in [1.54, 1.807) is 0 Å². The first-order valence-electron chi connectivity index (χ1n) is 24.9. The van der Waals surface area contributed by atoms with Crippen LogP contribution in [0.5, 0.6) is 0 Å². The SMILES string of the molecule is c1ccc(-c2ccccc2-c2ccccc2-c2ccccc2N(c2ccc(-c3ccc(-c4cccc5ccccc45)cc3)cc2)c2ccc(-c3ccc4c(c3)C3(CCCC3)c3ccccc3-4)cc2)cc1. The first kappa shape index (κ1) is 41.7. The highest BCUT2D eigenvalue weighted by Crippen LogP contribution is 2.57. The zero-order chi connectivity index (χ0) is 46.4. The summed E-state index contributed by atoms with van der Waals surface area (Å²) in [5.74, 6) is 0. The predicted molar refractivity (Wildman–Crippen MR) is 296 cm³/mol. The molecule has 0 amide bonds. The van der Waals surface area contributed by atoms with Gasteiger partial charge in [0.25, 0.3) is 0 Å². The Morgan fingerprint density at radius 2 is 0.714 bits per heavy atom. The van der Waals surface area contributed by atoms with Gasteiger partial charge in [0.15, 0.2) is 0 Å². The third-order valence-electron chi connectivity index (χ3n) is 15.3.